The Bertz CT molecular complexity index is 884. The summed E-state index contributed by atoms with van der Waals surface area (Å²) >= 11 is 0. The average molecular weight is 388 g/mol. The van der Waals surface area contributed by atoms with Crippen LogP contribution in [0.2, 0.25) is 0 Å². The molecule has 0 saturated carbocycles. The molecule has 2 aromatic rings. The van der Waals surface area contributed by atoms with Gasteiger partial charge in [-0.15, -0.1) is 0 Å². The Balaban J connectivity index is 1.65. The minimum absolute atomic E-state index is 0.131. The first-order chi connectivity index (χ1) is 13.0. The molecule has 0 aliphatic carbocycles. The SMILES string of the molecule is COc1ccccc1CNC(=O)C1CCCN(S(=O)(=O)c2ccccc2)C1. The predicted octanol–water partition coefficient (Wildman–Crippen LogP) is 2.41. The summed E-state index contributed by atoms with van der Waals surface area (Å²) in [4.78, 5) is 12.9. The van der Waals surface area contributed by atoms with Crippen LogP contribution in [-0.4, -0.2) is 38.8 Å². The molecule has 0 aromatic heterocycles. The maximum atomic E-state index is 12.8. The third kappa shape index (κ3) is 4.48. The smallest absolute Gasteiger partial charge is 0.243 e. The van der Waals surface area contributed by atoms with Gasteiger partial charge >= 0.3 is 0 Å². The summed E-state index contributed by atoms with van der Waals surface area (Å²) in [6.45, 7) is 0.993. The lowest BCUT2D eigenvalue weighted by Crippen LogP contribution is -2.45. The van der Waals surface area contributed by atoms with Crippen LogP contribution in [0, 0.1) is 5.92 Å². The van der Waals surface area contributed by atoms with E-state index in [0.29, 0.717) is 25.9 Å². The molecule has 3 rings (SSSR count). The highest BCUT2D eigenvalue weighted by atomic mass is 32.2. The molecule has 1 aliphatic heterocycles. The molecule has 1 atom stereocenters. The van der Waals surface area contributed by atoms with Crippen molar-refractivity contribution < 1.29 is 17.9 Å². The van der Waals surface area contributed by atoms with Crippen molar-refractivity contribution >= 4 is 15.9 Å². The first-order valence-electron chi connectivity index (χ1n) is 8.97. The first kappa shape index (κ1) is 19.4. The van der Waals surface area contributed by atoms with Crippen LogP contribution in [0.4, 0.5) is 0 Å². The number of nitrogens with one attached hydrogen (secondary N) is 1. The number of carbonyl (C=O) groups excluding carboxylic acids is 1. The topological polar surface area (TPSA) is 75.7 Å². The number of amides is 1. The Kier molecular flexibility index (Phi) is 6.13. The minimum Gasteiger partial charge on any atom is -0.496 e. The molecule has 6 nitrogen and oxygen atoms in total. The second-order valence-electron chi connectivity index (χ2n) is 6.54. The Hall–Kier alpha value is -2.38. The van der Waals surface area contributed by atoms with Gasteiger partial charge in [-0.05, 0) is 31.0 Å². The van der Waals surface area contributed by atoms with Gasteiger partial charge in [0.05, 0.1) is 17.9 Å². The molecule has 1 amide bonds. The maximum Gasteiger partial charge on any atom is 0.243 e. The highest BCUT2D eigenvalue weighted by Crippen LogP contribution is 2.24. The number of nitrogens with zero attached hydrogens (tertiary/aromatic N) is 1. The third-order valence-corrected chi connectivity index (χ3v) is 6.66. The van der Waals surface area contributed by atoms with Crippen molar-refractivity contribution in [2.45, 2.75) is 24.3 Å². The summed E-state index contributed by atoms with van der Waals surface area (Å²) in [7, 11) is -1.98. The van der Waals surface area contributed by atoms with Crippen molar-refractivity contribution in [2.24, 2.45) is 5.92 Å². The van der Waals surface area contributed by atoms with Gasteiger partial charge in [0.1, 0.15) is 5.75 Å². The van der Waals surface area contributed by atoms with E-state index in [0.717, 1.165) is 11.3 Å². The lowest BCUT2D eigenvalue weighted by atomic mass is 9.98. The second kappa shape index (κ2) is 8.54. The normalized spacial score (nSPS) is 18.0. The molecule has 144 valence electrons. The molecule has 27 heavy (non-hydrogen) atoms. The fraction of sp³-hybridized carbons (Fsp3) is 0.350. The number of carbonyl (C=O) groups is 1. The van der Waals surface area contributed by atoms with Crippen LogP contribution in [0.1, 0.15) is 18.4 Å². The summed E-state index contributed by atoms with van der Waals surface area (Å²) in [6, 6.07) is 15.9. The fourth-order valence-corrected chi connectivity index (χ4v) is 4.84. The number of hydrogen-bond donors (Lipinski definition) is 1. The molecule has 7 heteroatoms. The number of ether oxygens (including phenoxy) is 1. The number of para-hydroxylation sites is 1. The van der Waals surface area contributed by atoms with Gasteiger partial charge in [-0.1, -0.05) is 36.4 Å². The number of hydrogen-bond acceptors (Lipinski definition) is 4. The van der Waals surface area contributed by atoms with Gasteiger partial charge in [-0.3, -0.25) is 4.79 Å². The van der Waals surface area contributed by atoms with Gasteiger partial charge in [-0.2, -0.15) is 4.31 Å². The van der Waals surface area contributed by atoms with Crippen molar-refractivity contribution in [3.8, 4) is 5.75 Å². The van der Waals surface area contributed by atoms with Gasteiger partial charge in [0, 0.05) is 25.2 Å². The van der Waals surface area contributed by atoms with Crippen molar-refractivity contribution in [3.63, 3.8) is 0 Å². The third-order valence-electron chi connectivity index (χ3n) is 4.78. The van der Waals surface area contributed by atoms with Gasteiger partial charge < -0.3 is 10.1 Å². The van der Waals surface area contributed by atoms with Crippen LogP contribution < -0.4 is 10.1 Å². The van der Waals surface area contributed by atoms with Gasteiger partial charge in [0.25, 0.3) is 0 Å². The van der Waals surface area contributed by atoms with Crippen LogP contribution >= 0.6 is 0 Å². The summed E-state index contributed by atoms with van der Waals surface area (Å²) in [5.74, 6) is 0.232. The molecular weight excluding hydrogens is 364 g/mol. The van der Waals surface area contributed by atoms with E-state index >= 15 is 0 Å². The summed E-state index contributed by atoms with van der Waals surface area (Å²) in [6.07, 6.45) is 1.34. The van der Waals surface area contributed by atoms with Crippen LogP contribution in [0.3, 0.4) is 0 Å². The quantitative estimate of drug-likeness (QED) is 0.825. The molecule has 1 fully saturated rings. The van der Waals surface area contributed by atoms with E-state index in [1.54, 1.807) is 37.4 Å². The second-order valence-corrected chi connectivity index (χ2v) is 8.48. The van der Waals surface area contributed by atoms with E-state index in [9.17, 15) is 13.2 Å². The predicted molar refractivity (Wildman–Crippen MR) is 103 cm³/mol. The number of benzene rings is 2. The van der Waals surface area contributed by atoms with Crippen LogP contribution in [0.15, 0.2) is 59.5 Å². The lowest BCUT2D eigenvalue weighted by molar-refractivity contribution is -0.126. The van der Waals surface area contributed by atoms with Gasteiger partial charge in [0.2, 0.25) is 15.9 Å². The number of rotatable bonds is 6. The van der Waals surface area contributed by atoms with E-state index < -0.39 is 10.0 Å². The highest BCUT2D eigenvalue weighted by Gasteiger charge is 2.33. The average Bonchev–Trinajstić information content (AvgIpc) is 2.73. The molecular formula is C20H24N2O4S. The molecule has 1 N–H and O–H groups in total. The van der Waals surface area contributed by atoms with E-state index in [1.807, 2.05) is 24.3 Å². The largest absolute Gasteiger partial charge is 0.496 e. The fourth-order valence-electron chi connectivity index (χ4n) is 3.29. The molecule has 1 aliphatic rings. The zero-order chi connectivity index (χ0) is 19.3. The van der Waals surface area contributed by atoms with E-state index in [2.05, 4.69) is 5.32 Å². The maximum absolute atomic E-state index is 12.8. The van der Waals surface area contributed by atoms with E-state index in [-0.39, 0.29) is 23.3 Å². The number of methoxy groups -OCH3 is 1. The molecule has 1 saturated heterocycles. The number of piperidine rings is 1. The van der Waals surface area contributed by atoms with Crippen molar-refractivity contribution in [1.82, 2.24) is 9.62 Å². The Labute approximate surface area is 160 Å². The number of sulfonamides is 1. The molecule has 1 heterocycles. The van der Waals surface area contributed by atoms with Crippen LogP contribution in [0.5, 0.6) is 5.75 Å². The minimum atomic E-state index is -3.57. The molecule has 1 unspecified atom stereocenters. The van der Waals surface area contributed by atoms with Crippen molar-refractivity contribution in [2.75, 3.05) is 20.2 Å². The van der Waals surface area contributed by atoms with Gasteiger partial charge in [0.15, 0.2) is 0 Å². The lowest BCUT2D eigenvalue weighted by Gasteiger charge is -2.31. The zero-order valence-corrected chi connectivity index (χ0v) is 16.1. The molecule has 0 radical (unpaired) electrons. The van der Waals surface area contributed by atoms with E-state index in [4.69, 9.17) is 4.74 Å². The Morgan fingerprint density at radius 2 is 1.85 bits per heavy atom. The summed E-state index contributed by atoms with van der Waals surface area (Å²) < 4.78 is 32.3. The Morgan fingerprint density at radius 3 is 2.59 bits per heavy atom. The summed E-state index contributed by atoms with van der Waals surface area (Å²) in [5, 5.41) is 2.91. The molecule has 0 bridgehead atoms. The van der Waals surface area contributed by atoms with Crippen molar-refractivity contribution in [1.29, 1.82) is 0 Å². The molecule has 0 spiro atoms. The molecule has 2 aromatic carbocycles. The Morgan fingerprint density at radius 1 is 1.15 bits per heavy atom. The van der Waals surface area contributed by atoms with E-state index in [1.165, 1.54) is 4.31 Å². The van der Waals surface area contributed by atoms with Crippen LogP contribution in [0.25, 0.3) is 0 Å². The monoisotopic (exact) mass is 388 g/mol. The van der Waals surface area contributed by atoms with Crippen LogP contribution in [-0.2, 0) is 21.4 Å². The highest BCUT2D eigenvalue weighted by molar-refractivity contribution is 7.89. The standard InChI is InChI=1S/C20H24N2O4S/c1-26-19-12-6-5-8-16(19)14-21-20(23)17-9-7-13-22(15-17)27(24,25)18-10-3-2-4-11-18/h2-6,8,10-12,17H,7,9,13-15H2,1H3,(H,21,23). The van der Waals surface area contributed by atoms with Crippen molar-refractivity contribution in [3.05, 3.63) is 60.2 Å². The zero-order valence-electron chi connectivity index (χ0n) is 15.3. The van der Waals surface area contributed by atoms with Gasteiger partial charge in [-0.25, -0.2) is 8.42 Å². The summed E-state index contributed by atoms with van der Waals surface area (Å²) in [5.41, 5.74) is 0.887. The first-order valence-corrected chi connectivity index (χ1v) is 10.4.